The van der Waals surface area contributed by atoms with Crippen LogP contribution in [0.25, 0.3) is 11.0 Å². The lowest BCUT2D eigenvalue weighted by atomic mass is 10.1. The van der Waals surface area contributed by atoms with Gasteiger partial charge >= 0.3 is 0 Å². The molecule has 6 nitrogen and oxygen atoms in total. The van der Waals surface area contributed by atoms with Gasteiger partial charge < -0.3 is 10.2 Å². The number of carbonyl (C=O) groups is 1. The third-order valence-corrected chi connectivity index (χ3v) is 3.37. The molecule has 6 heteroatoms. The number of pyridine rings is 1. The van der Waals surface area contributed by atoms with Crippen molar-refractivity contribution in [2.45, 2.75) is 13.8 Å². The van der Waals surface area contributed by atoms with Gasteiger partial charge in [-0.25, -0.2) is 4.98 Å². The van der Waals surface area contributed by atoms with Crippen LogP contribution in [0.3, 0.4) is 0 Å². The van der Waals surface area contributed by atoms with Crippen molar-refractivity contribution in [1.82, 2.24) is 25.0 Å². The highest BCUT2D eigenvalue weighted by Gasteiger charge is 2.20. The monoisotopic (exact) mass is 275 g/mol. The maximum absolute atomic E-state index is 12.6. The standard InChI is InChI=1S/C14H21N5O/c1-9-8-11(14(20)18(4)7-6-15-3)12-10(2)17-19(5)13(12)16-9/h8,15H,6-7H2,1-5H3. The maximum atomic E-state index is 12.6. The minimum Gasteiger partial charge on any atom is -0.340 e. The van der Waals surface area contributed by atoms with Crippen molar-refractivity contribution in [3.8, 4) is 0 Å². The van der Waals surface area contributed by atoms with Gasteiger partial charge in [-0.1, -0.05) is 0 Å². The smallest absolute Gasteiger partial charge is 0.254 e. The van der Waals surface area contributed by atoms with Crippen LogP contribution in [0, 0.1) is 13.8 Å². The quantitative estimate of drug-likeness (QED) is 0.899. The number of likely N-dealkylation sites (N-methyl/N-ethyl adjacent to an activating group) is 2. The Kier molecular flexibility index (Phi) is 4.04. The Balaban J connectivity index is 2.50. The average molecular weight is 275 g/mol. The van der Waals surface area contributed by atoms with E-state index in [0.717, 1.165) is 29.0 Å². The fraction of sp³-hybridized carbons (Fsp3) is 0.500. The predicted molar refractivity (Wildman–Crippen MR) is 78.9 cm³/mol. The summed E-state index contributed by atoms with van der Waals surface area (Å²) >= 11 is 0. The van der Waals surface area contributed by atoms with Crippen molar-refractivity contribution in [3.05, 3.63) is 23.0 Å². The lowest BCUT2D eigenvalue weighted by Crippen LogP contribution is -2.33. The number of nitrogens with one attached hydrogen (secondary N) is 1. The summed E-state index contributed by atoms with van der Waals surface area (Å²) in [6.45, 7) is 5.23. The van der Waals surface area contributed by atoms with E-state index < -0.39 is 0 Å². The molecular formula is C14H21N5O. The van der Waals surface area contributed by atoms with Crippen LogP contribution in [0.15, 0.2) is 6.07 Å². The van der Waals surface area contributed by atoms with Crippen molar-refractivity contribution >= 4 is 16.9 Å². The highest BCUT2D eigenvalue weighted by molar-refractivity contribution is 6.06. The van der Waals surface area contributed by atoms with Gasteiger partial charge in [-0.05, 0) is 27.0 Å². The van der Waals surface area contributed by atoms with Crippen LogP contribution in [-0.2, 0) is 7.05 Å². The molecular weight excluding hydrogens is 254 g/mol. The Bertz CT molecular complexity index is 647. The number of nitrogens with zero attached hydrogens (tertiary/aromatic N) is 4. The number of fused-ring (bicyclic) bond motifs is 1. The first-order valence-corrected chi connectivity index (χ1v) is 6.66. The Morgan fingerprint density at radius 3 is 2.80 bits per heavy atom. The lowest BCUT2D eigenvalue weighted by molar-refractivity contribution is 0.0798. The van der Waals surface area contributed by atoms with Gasteiger partial charge in [-0.15, -0.1) is 0 Å². The van der Waals surface area contributed by atoms with E-state index in [1.807, 2.05) is 41.1 Å². The third-order valence-electron chi connectivity index (χ3n) is 3.37. The van der Waals surface area contributed by atoms with Crippen LogP contribution < -0.4 is 5.32 Å². The topological polar surface area (TPSA) is 63.1 Å². The highest BCUT2D eigenvalue weighted by Crippen LogP contribution is 2.22. The Labute approximate surface area is 118 Å². The van der Waals surface area contributed by atoms with Crippen molar-refractivity contribution in [2.24, 2.45) is 7.05 Å². The minimum atomic E-state index is 0.00634. The molecule has 0 aromatic carbocycles. The van der Waals surface area contributed by atoms with Crippen molar-refractivity contribution in [3.63, 3.8) is 0 Å². The zero-order valence-electron chi connectivity index (χ0n) is 12.7. The molecule has 0 aliphatic rings. The number of hydrogen-bond acceptors (Lipinski definition) is 4. The number of aryl methyl sites for hydroxylation is 3. The molecule has 0 spiro atoms. The zero-order chi connectivity index (χ0) is 14.9. The minimum absolute atomic E-state index is 0.00634. The van der Waals surface area contributed by atoms with Gasteiger partial charge in [0.15, 0.2) is 5.65 Å². The number of carbonyl (C=O) groups excluding carboxylic acids is 1. The van der Waals surface area contributed by atoms with E-state index in [1.54, 1.807) is 9.58 Å². The molecule has 2 aromatic heterocycles. The molecule has 0 aliphatic carbocycles. The summed E-state index contributed by atoms with van der Waals surface area (Å²) in [6.07, 6.45) is 0. The first-order valence-electron chi connectivity index (χ1n) is 6.66. The van der Waals surface area contributed by atoms with E-state index >= 15 is 0 Å². The van der Waals surface area contributed by atoms with Gasteiger partial charge in [0.05, 0.1) is 16.6 Å². The fourth-order valence-electron chi connectivity index (χ4n) is 2.33. The van der Waals surface area contributed by atoms with Crippen LogP contribution in [0.1, 0.15) is 21.7 Å². The van der Waals surface area contributed by atoms with Crippen molar-refractivity contribution in [1.29, 1.82) is 0 Å². The normalized spacial score (nSPS) is 11.1. The molecule has 108 valence electrons. The first kappa shape index (κ1) is 14.5. The summed E-state index contributed by atoms with van der Waals surface area (Å²) in [5.74, 6) is 0.00634. The van der Waals surface area contributed by atoms with E-state index in [2.05, 4.69) is 15.4 Å². The van der Waals surface area contributed by atoms with Crippen LogP contribution >= 0.6 is 0 Å². The molecule has 0 saturated heterocycles. The second kappa shape index (κ2) is 5.58. The summed E-state index contributed by atoms with van der Waals surface area (Å²) < 4.78 is 1.72. The number of amides is 1. The summed E-state index contributed by atoms with van der Waals surface area (Å²) in [6, 6.07) is 1.84. The van der Waals surface area contributed by atoms with Crippen molar-refractivity contribution in [2.75, 3.05) is 27.2 Å². The van der Waals surface area contributed by atoms with Gasteiger partial charge in [0, 0.05) is 32.9 Å². The van der Waals surface area contributed by atoms with Crippen LogP contribution in [0.4, 0.5) is 0 Å². The molecule has 2 rings (SSSR count). The van der Waals surface area contributed by atoms with Crippen LogP contribution in [-0.4, -0.2) is 52.8 Å². The Morgan fingerprint density at radius 1 is 1.45 bits per heavy atom. The molecule has 2 aromatic rings. The molecule has 0 atom stereocenters. The summed E-state index contributed by atoms with van der Waals surface area (Å²) in [4.78, 5) is 18.8. The fourth-order valence-corrected chi connectivity index (χ4v) is 2.33. The maximum Gasteiger partial charge on any atom is 0.254 e. The Morgan fingerprint density at radius 2 is 2.15 bits per heavy atom. The SMILES string of the molecule is CNCCN(C)C(=O)c1cc(C)nc2c1c(C)nn2C. The largest absolute Gasteiger partial charge is 0.340 e. The molecule has 2 heterocycles. The van der Waals surface area contributed by atoms with Gasteiger partial charge in [0.2, 0.25) is 0 Å². The molecule has 0 saturated carbocycles. The van der Waals surface area contributed by atoms with Crippen LogP contribution in [0.2, 0.25) is 0 Å². The third kappa shape index (κ3) is 2.51. The highest BCUT2D eigenvalue weighted by atomic mass is 16.2. The van der Waals surface area contributed by atoms with E-state index in [4.69, 9.17) is 0 Å². The van der Waals surface area contributed by atoms with Gasteiger partial charge in [0.1, 0.15) is 0 Å². The van der Waals surface area contributed by atoms with E-state index in [1.165, 1.54) is 0 Å². The van der Waals surface area contributed by atoms with Crippen molar-refractivity contribution < 1.29 is 4.79 Å². The van der Waals surface area contributed by atoms with Crippen LogP contribution in [0.5, 0.6) is 0 Å². The molecule has 0 radical (unpaired) electrons. The van der Waals surface area contributed by atoms with E-state index in [-0.39, 0.29) is 5.91 Å². The van der Waals surface area contributed by atoms with Gasteiger partial charge in [-0.3, -0.25) is 9.48 Å². The molecule has 0 aliphatic heterocycles. The predicted octanol–water partition coefficient (Wildman–Crippen LogP) is 0.877. The second-order valence-corrected chi connectivity index (χ2v) is 5.05. The van der Waals surface area contributed by atoms with Gasteiger partial charge in [-0.2, -0.15) is 5.10 Å². The molecule has 0 unspecified atom stereocenters. The summed E-state index contributed by atoms with van der Waals surface area (Å²) in [7, 11) is 5.53. The van der Waals surface area contributed by atoms with Gasteiger partial charge in [0.25, 0.3) is 5.91 Å². The number of aromatic nitrogens is 3. The molecule has 1 amide bonds. The summed E-state index contributed by atoms with van der Waals surface area (Å²) in [5, 5.41) is 8.26. The average Bonchev–Trinajstić information content (AvgIpc) is 2.69. The molecule has 20 heavy (non-hydrogen) atoms. The van der Waals surface area contributed by atoms with E-state index in [0.29, 0.717) is 12.1 Å². The number of hydrogen-bond donors (Lipinski definition) is 1. The number of rotatable bonds is 4. The molecule has 1 N–H and O–H groups in total. The Hall–Kier alpha value is -1.95. The lowest BCUT2D eigenvalue weighted by Gasteiger charge is -2.17. The molecule has 0 bridgehead atoms. The first-order chi connectivity index (χ1) is 9.45. The van der Waals surface area contributed by atoms with E-state index in [9.17, 15) is 4.79 Å². The molecule has 0 fully saturated rings. The zero-order valence-corrected chi connectivity index (χ0v) is 12.7. The second-order valence-electron chi connectivity index (χ2n) is 5.05. The summed E-state index contributed by atoms with van der Waals surface area (Å²) in [5.41, 5.74) is 3.09.